The van der Waals surface area contributed by atoms with Crippen LogP contribution in [0, 0.1) is 10.2 Å². The van der Waals surface area contributed by atoms with Gasteiger partial charge in [0.1, 0.15) is 0 Å². The van der Waals surface area contributed by atoms with E-state index < -0.39 is 46.1 Å². The first-order valence-electron chi connectivity index (χ1n) is 21.3. The number of hydrogen-bond acceptors (Lipinski definition) is 19. The van der Waals surface area contributed by atoms with Crippen molar-refractivity contribution in [2.24, 2.45) is 0 Å². The number of pyridine rings is 3. The van der Waals surface area contributed by atoms with Crippen LogP contribution in [-0.2, 0) is 124 Å². The number of aryl methyl sites for hydroxylation is 6. The summed E-state index contributed by atoms with van der Waals surface area (Å²) in [6, 6.07) is 38.8. The van der Waals surface area contributed by atoms with Crippen LogP contribution in [0.2, 0.25) is 0 Å². The minimum atomic E-state index is -4.94. The fourth-order valence-corrected chi connectivity index (χ4v) is 5.24. The number of benzene rings is 3. The van der Waals surface area contributed by atoms with Crippen molar-refractivity contribution in [3.63, 3.8) is 0 Å². The van der Waals surface area contributed by atoms with Gasteiger partial charge in [0.2, 0.25) is 0 Å². The summed E-state index contributed by atoms with van der Waals surface area (Å²) in [5, 5.41) is 61.7. The molecular weight excluding hydrogens is 1130 g/mol. The SMILES string of the molecule is O=C([O-])CCc1cccc(CCC(=O)[O-])c1.O=C([O-])CCc1cccc(CCC(=O)[O-])c1.O=C([O-])CCc1cccc(CCC(=O)[O-])c1.[Mn+3].[Mn+3].[Mn+3].[O-2].[O-][Cl+3]([O-])([O-])[O-].c1ccncc1.c1ccncc1.c1ccncc1. The van der Waals surface area contributed by atoms with Crippen molar-refractivity contribution in [3.05, 3.63) is 198 Å². The number of halogens is 1. The Balaban J connectivity index is -0.000000264. The van der Waals surface area contributed by atoms with Gasteiger partial charge in [0.05, 0.1) is 0 Å². The van der Waals surface area contributed by atoms with E-state index >= 15 is 0 Å². The Hall–Kier alpha value is -6.42. The average molecular weight is 1180 g/mol. The molecule has 0 amide bonds. The van der Waals surface area contributed by atoms with Gasteiger partial charge in [-0.15, -0.1) is 10.2 Å². The van der Waals surface area contributed by atoms with E-state index in [0.717, 1.165) is 33.4 Å². The van der Waals surface area contributed by atoms with Gasteiger partial charge in [-0.2, -0.15) is 0 Å². The molecule has 24 heteroatoms. The van der Waals surface area contributed by atoms with Crippen LogP contribution >= 0.6 is 0 Å². The zero-order valence-electron chi connectivity index (χ0n) is 39.9. The second kappa shape index (κ2) is 49.8. The van der Waals surface area contributed by atoms with Crippen molar-refractivity contribution in [2.45, 2.75) is 77.0 Å². The molecule has 0 bridgehead atoms. The molecule has 0 aliphatic carbocycles. The molecule has 3 aromatic heterocycles. The fraction of sp³-hybridized carbons (Fsp3) is 0.235. The van der Waals surface area contributed by atoms with Gasteiger partial charge in [0, 0.05) is 73.0 Å². The van der Waals surface area contributed by atoms with Crippen LogP contribution in [0.4, 0.5) is 0 Å². The smallest absolute Gasteiger partial charge is 2.00 e. The van der Waals surface area contributed by atoms with Crippen LogP contribution in [0.25, 0.3) is 0 Å². The molecule has 0 saturated carbocycles. The van der Waals surface area contributed by atoms with Gasteiger partial charge in [-0.25, -0.2) is 18.6 Å². The normalized spacial score (nSPS) is 9.12. The molecule has 0 unspecified atom stereocenters. The molecule has 0 radical (unpaired) electrons. The largest absolute Gasteiger partial charge is 3.00 e. The topological polar surface area (TPSA) is 400 Å². The minimum absolute atomic E-state index is 0. The summed E-state index contributed by atoms with van der Waals surface area (Å²) in [5.74, 6) is -6.50. The number of carboxylic acids is 6. The molecule has 0 aliphatic rings. The molecule has 6 rings (SSSR count). The Kier molecular flexibility index (Phi) is 51.4. The third-order valence-electron chi connectivity index (χ3n) is 8.38. The van der Waals surface area contributed by atoms with Gasteiger partial charge < -0.3 is 64.9 Å². The molecule has 75 heavy (non-hydrogen) atoms. The average Bonchev–Trinajstić information content (AvgIpc) is 3.35. The molecule has 3 heterocycles. The van der Waals surface area contributed by atoms with Crippen LogP contribution in [0.1, 0.15) is 71.9 Å². The summed E-state index contributed by atoms with van der Waals surface area (Å²) in [5.41, 5.74) is 5.25. The molecule has 0 fully saturated rings. The Bertz CT molecular complexity index is 1950. The Morgan fingerprint density at radius 2 is 0.453 bits per heavy atom. The Labute approximate surface area is 468 Å². The summed E-state index contributed by atoms with van der Waals surface area (Å²) >= 11 is 0. The third-order valence-corrected chi connectivity index (χ3v) is 8.38. The molecule has 3 aromatic carbocycles. The second-order valence-corrected chi connectivity index (χ2v) is 14.9. The molecule has 400 valence electrons. The first kappa shape index (κ1) is 77.5. The maximum Gasteiger partial charge on any atom is 3.00 e. The first-order valence-corrected chi connectivity index (χ1v) is 22.6. The number of aliphatic carboxylic acids is 6. The van der Waals surface area contributed by atoms with Gasteiger partial charge >= 0.3 is 51.2 Å². The maximum absolute atomic E-state index is 10.3. The summed E-state index contributed by atoms with van der Waals surface area (Å²) in [6.45, 7) is 0. The number of rotatable bonds is 18. The van der Waals surface area contributed by atoms with Crippen molar-refractivity contribution < 1.29 is 145 Å². The first-order chi connectivity index (χ1) is 33.7. The third kappa shape index (κ3) is 56.7. The summed E-state index contributed by atoms with van der Waals surface area (Å²) in [4.78, 5) is 73.0. The number of carbonyl (C=O) groups is 6. The Morgan fingerprint density at radius 3 is 0.547 bits per heavy atom. The second-order valence-electron chi connectivity index (χ2n) is 14.1. The van der Waals surface area contributed by atoms with E-state index in [1.54, 1.807) is 55.4 Å². The summed E-state index contributed by atoms with van der Waals surface area (Å²) < 4.78 is 34.0. The molecule has 0 N–H and O–H groups in total. The van der Waals surface area contributed by atoms with E-state index in [1.165, 1.54) is 0 Å². The van der Waals surface area contributed by atoms with Gasteiger partial charge in [-0.3, -0.25) is 15.0 Å². The molecule has 0 aliphatic heterocycles. The molecule has 0 atom stereocenters. The van der Waals surface area contributed by atoms with Gasteiger partial charge in [0.25, 0.3) is 0 Å². The minimum Gasteiger partial charge on any atom is -2.00 e. The molecule has 20 nitrogen and oxygen atoms in total. The van der Waals surface area contributed by atoms with E-state index in [2.05, 4.69) is 15.0 Å². The summed E-state index contributed by atoms with van der Waals surface area (Å²) in [6.07, 6.45) is 12.8. The van der Waals surface area contributed by atoms with E-state index in [9.17, 15) is 59.4 Å². The van der Waals surface area contributed by atoms with Crippen molar-refractivity contribution in [1.82, 2.24) is 15.0 Å². The molecule has 0 spiro atoms. The van der Waals surface area contributed by atoms with Gasteiger partial charge in [-0.1, -0.05) is 91.0 Å². The van der Waals surface area contributed by atoms with Crippen molar-refractivity contribution >= 4 is 35.8 Å². The van der Waals surface area contributed by atoms with Crippen LogP contribution in [0.3, 0.4) is 0 Å². The van der Waals surface area contributed by atoms with Crippen LogP contribution in [-0.4, -0.2) is 50.8 Å². The predicted octanol–water partition coefficient (Wildman–Crippen LogP) is -4.48. The van der Waals surface area contributed by atoms with Crippen molar-refractivity contribution in [1.29, 1.82) is 0 Å². The van der Waals surface area contributed by atoms with E-state index in [-0.39, 0.29) is 95.2 Å². The maximum atomic E-state index is 10.3. The monoisotopic (exact) mass is 1180 g/mol. The standard InChI is InChI=1S/3C12H14O4.3C5H5N.ClHO4.3Mn.O/c3*13-11(14)6-4-9-2-1-3-10(8-9)5-7-12(15)16;3*1-2-4-6-5-3-1;2-1(3,4)5;;;;/h3*1-3,8H,4-7H2,(H,13,14)(H,15,16);3*1-5H;(H,2,3,4,5);;;;/q;;;;;;;3*+3;-2/p-7. The summed E-state index contributed by atoms with van der Waals surface area (Å²) in [7, 11) is -4.94. The van der Waals surface area contributed by atoms with Crippen LogP contribution in [0.5, 0.6) is 0 Å². The fourth-order valence-electron chi connectivity index (χ4n) is 5.24. The number of aromatic nitrogens is 3. The number of carbonyl (C=O) groups excluding carboxylic acids is 6. The van der Waals surface area contributed by atoms with Crippen molar-refractivity contribution in [3.8, 4) is 0 Å². The molecule has 0 saturated heterocycles. The van der Waals surface area contributed by atoms with Crippen molar-refractivity contribution in [2.75, 3.05) is 0 Å². The zero-order valence-corrected chi connectivity index (χ0v) is 44.2. The van der Waals surface area contributed by atoms with E-state index in [4.69, 9.17) is 18.6 Å². The number of nitrogens with zero attached hydrogens (tertiary/aromatic N) is 3. The molecule has 6 aromatic rings. The zero-order chi connectivity index (χ0) is 53.1. The Morgan fingerprint density at radius 1 is 0.307 bits per heavy atom. The van der Waals surface area contributed by atoms with Gasteiger partial charge in [0.15, 0.2) is 0 Å². The number of carboxylic acid groups (broad SMARTS) is 6. The van der Waals surface area contributed by atoms with Crippen LogP contribution < -0.4 is 49.3 Å². The van der Waals surface area contributed by atoms with E-state index in [0.29, 0.717) is 38.5 Å². The number of hydrogen-bond donors (Lipinski definition) is 0. The predicted molar refractivity (Wildman–Crippen MR) is 233 cm³/mol. The van der Waals surface area contributed by atoms with Crippen LogP contribution in [0.15, 0.2) is 165 Å². The quantitative estimate of drug-likeness (QED) is 0.0732. The molecular formula is C51H51ClMn3N3O17. The van der Waals surface area contributed by atoms with Gasteiger partial charge in [-0.05, 0) is 147 Å². The van der Waals surface area contributed by atoms with E-state index in [1.807, 2.05) is 109 Å².